The van der Waals surface area contributed by atoms with E-state index in [0.29, 0.717) is 56.7 Å². The van der Waals surface area contributed by atoms with Crippen molar-refractivity contribution in [1.29, 1.82) is 0 Å². The van der Waals surface area contributed by atoms with Gasteiger partial charge in [0.1, 0.15) is 5.56 Å². The molecule has 1 fully saturated rings. The first-order valence-electron chi connectivity index (χ1n) is 11.6. The second-order valence-electron chi connectivity index (χ2n) is 9.86. The predicted octanol–water partition coefficient (Wildman–Crippen LogP) is 2.84. The third-order valence-electron chi connectivity index (χ3n) is 6.57. The average Bonchev–Trinajstić information content (AvgIpc) is 2.78. The highest BCUT2D eigenvalue weighted by molar-refractivity contribution is 6.02. The number of Topliss-reactive ketones (excluding diaryl/α,β-unsaturated/α-hetero) is 1. The Morgan fingerprint density at radius 1 is 0.970 bits per heavy atom. The molecule has 174 valence electrons. The van der Waals surface area contributed by atoms with Crippen molar-refractivity contribution in [2.75, 3.05) is 26.2 Å². The van der Waals surface area contributed by atoms with E-state index in [1.807, 2.05) is 32.0 Å². The number of H-pyrrole nitrogens is 1. The van der Waals surface area contributed by atoms with Crippen LogP contribution in [0.1, 0.15) is 65.1 Å². The number of aromatic amines is 1. The number of rotatable bonds is 5. The minimum Gasteiger partial charge on any atom is -0.339 e. The molecule has 33 heavy (non-hydrogen) atoms. The molecule has 1 aromatic carbocycles. The number of amides is 2. The Labute approximate surface area is 193 Å². The van der Waals surface area contributed by atoms with E-state index in [0.717, 1.165) is 12.8 Å². The molecule has 7 nitrogen and oxygen atoms in total. The van der Waals surface area contributed by atoms with Gasteiger partial charge in [0.25, 0.3) is 11.5 Å². The predicted molar refractivity (Wildman–Crippen MR) is 125 cm³/mol. The van der Waals surface area contributed by atoms with Gasteiger partial charge in [-0.25, -0.2) is 0 Å². The zero-order valence-electron chi connectivity index (χ0n) is 19.4. The maximum atomic E-state index is 13.0. The molecule has 4 rings (SSSR count). The van der Waals surface area contributed by atoms with Crippen LogP contribution in [-0.4, -0.2) is 58.6 Å². The van der Waals surface area contributed by atoms with E-state index in [4.69, 9.17) is 0 Å². The summed E-state index contributed by atoms with van der Waals surface area (Å²) in [6.07, 6.45) is 3.12. The smallest absolute Gasteiger partial charge is 0.261 e. The van der Waals surface area contributed by atoms with Crippen LogP contribution in [0.15, 0.2) is 41.2 Å². The first-order chi connectivity index (χ1) is 15.7. The van der Waals surface area contributed by atoms with Gasteiger partial charge in [-0.15, -0.1) is 0 Å². The van der Waals surface area contributed by atoms with Crippen LogP contribution in [0.4, 0.5) is 0 Å². The van der Waals surface area contributed by atoms with Crippen LogP contribution in [0.3, 0.4) is 0 Å². The average molecular weight is 450 g/mol. The number of aryl methyl sites for hydroxylation is 1. The monoisotopic (exact) mass is 449 g/mol. The number of pyridine rings is 1. The lowest BCUT2D eigenvalue weighted by molar-refractivity contribution is -0.132. The quantitative estimate of drug-likeness (QED) is 0.760. The summed E-state index contributed by atoms with van der Waals surface area (Å²) in [6.45, 7) is 5.64. The van der Waals surface area contributed by atoms with E-state index in [9.17, 15) is 19.2 Å². The number of carbonyl (C=O) groups is 3. The number of fused-ring (bicyclic) bond motifs is 1. The van der Waals surface area contributed by atoms with Gasteiger partial charge in [-0.2, -0.15) is 0 Å². The number of nitrogens with zero attached hydrogens (tertiary/aromatic N) is 2. The second-order valence-corrected chi connectivity index (χ2v) is 9.86. The molecular weight excluding hydrogens is 418 g/mol. The maximum absolute atomic E-state index is 13.0. The Kier molecular flexibility index (Phi) is 6.49. The summed E-state index contributed by atoms with van der Waals surface area (Å²) >= 11 is 0. The fraction of sp³-hybridized carbons (Fsp3) is 0.462. The SMILES string of the molecule is CC1(C)CC(=O)c2cc(C(=O)N3CCN(C(=O)CCCc4ccccc4)CC3)c(=O)[nH]c2C1. The Morgan fingerprint density at radius 2 is 1.64 bits per heavy atom. The molecule has 2 aromatic rings. The van der Waals surface area contributed by atoms with Crippen molar-refractivity contribution >= 4 is 17.6 Å². The van der Waals surface area contributed by atoms with Gasteiger partial charge < -0.3 is 14.8 Å². The highest BCUT2D eigenvalue weighted by Gasteiger charge is 2.33. The van der Waals surface area contributed by atoms with Crippen molar-refractivity contribution in [1.82, 2.24) is 14.8 Å². The van der Waals surface area contributed by atoms with Crippen molar-refractivity contribution < 1.29 is 14.4 Å². The Bertz CT molecular complexity index is 1110. The van der Waals surface area contributed by atoms with Crippen LogP contribution >= 0.6 is 0 Å². The molecule has 0 saturated carbocycles. The van der Waals surface area contributed by atoms with E-state index in [2.05, 4.69) is 17.1 Å². The van der Waals surface area contributed by atoms with Gasteiger partial charge in [0, 0.05) is 50.3 Å². The molecule has 1 aromatic heterocycles. The largest absolute Gasteiger partial charge is 0.339 e. The summed E-state index contributed by atoms with van der Waals surface area (Å²) in [5.74, 6) is -0.330. The van der Waals surface area contributed by atoms with E-state index < -0.39 is 5.56 Å². The zero-order valence-corrected chi connectivity index (χ0v) is 19.4. The van der Waals surface area contributed by atoms with Crippen LogP contribution in [-0.2, 0) is 17.6 Å². The van der Waals surface area contributed by atoms with Gasteiger partial charge in [-0.1, -0.05) is 44.2 Å². The summed E-state index contributed by atoms with van der Waals surface area (Å²) in [4.78, 5) is 57.0. The fourth-order valence-corrected chi connectivity index (χ4v) is 4.76. The third-order valence-corrected chi connectivity index (χ3v) is 6.57. The molecular formula is C26H31N3O4. The molecule has 1 aliphatic carbocycles. The number of piperazine rings is 1. The molecule has 1 aliphatic heterocycles. The van der Waals surface area contributed by atoms with E-state index in [1.54, 1.807) is 9.80 Å². The van der Waals surface area contributed by atoms with Gasteiger partial charge in [0.15, 0.2) is 5.78 Å². The van der Waals surface area contributed by atoms with Crippen LogP contribution in [0.25, 0.3) is 0 Å². The summed E-state index contributed by atoms with van der Waals surface area (Å²) in [7, 11) is 0. The molecule has 1 N–H and O–H groups in total. The zero-order chi connectivity index (χ0) is 23.6. The van der Waals surface area contributed by atoms with Gasteiger partial charge in [-0.3, -0.25) is 19.2 Å². The van der Waals surface area contributed by atoms with Crippen LogP contribution in [0.2, 0.25) is 0 Å². The number of benzene rings is 1. The van der Waals surface area contributed by atoms with Crippen molar-refractivity contribution in [2.24, 2.45) is 5.41 Å². The number of hydrogen-bond acceptors (Lipinski definition) is 4. The van der Waals surface area contributed by atoms with Crippen molar-refractivity contribution in [3.05, 3.63) is 69.1 Å². The molecule has 7 heteroatoms. The number of ketones is 1. The Morgan fingerprint density at radius 3 is 2.33 bits per heavy atom. The summed E-state index contributed by atoms with van der Waals surface area (Å²) in [5, 5.41) is 0. The van der Waals surface area contributed by atoms with Gasteiger partial charge in [0.2, 0.25) is 5.91 Å². The second kappa shape index (κ2) is 9.33. The van der Waals surface area contributed by atoms with E-state index in [-0.39, 0.29) is 28.6 Å². The molecule has 0 bridgehead atoms. The molecule has 0 radical (unpaired) electrons. The lowest BCUT2D eigenvalue weighted by Gasteiger charge is -2.35. The Balaban J connectivity index is 1.34. The topological polar surface area (TPSA) is 90.6 Å². The van der Waals surface area contributed by atoms with Gasteiger partial charge in [0.05, 0.1) is 0 Å². The van der Waals surface area contributed by atoms with Crippen molar-refractivity contribution in [2.45, 2.75) is 46.0 Å². The first-order valence-corrected chi connectivity index (χ1v) is 11.6. The molecule has 2 heterocycles. The minimum absolute atomic E-state index is 0.00411. The number of aromatic nitrogens is 1. The minimum atomic E-state index is -0.455. The molecule has 0 atom stereocenters. The van der Waals surface area contributed by atoms with E-state index >= 15 is 0 Å². The number of nitrogens with one attached hydrogen (secondary N) is 1. The third kappa shape index (κ3) is 5.24. The van der Waals surface area contributed by atoms with Crippen molar-refractivity contribution in [3.8, 4) is 0 Å². The van der Waals surface area contributed by atoms with Crippen molar-refractivity contribution in [3.63, 3.8) is 0 Å². The molecule has 2 aliphatic rings. The van der Waals surface area contributed by atoms with Gasteiger partial charge in [-0.05, 0) is 36.3 Å². The molecule has 1 saturated heterocycles. The lowest BCUT2D eigenvalue weighted by Crippen LogP contribution is -2.51. The standard InChI is InChI=1S/C26H31N3O4/c1-26(2)16-21-19(22(30)17-26)15-20(24(32)27-21)25(33)29-13-11-28(12-14-29)23(31)10-6-9-18-7-4-3-5-8-18/h3-5,7-8,15H,6,9-14,16-17H2,1-2H3,(H,27,32). The maximum Gasteiger partial charge on any atom is 0.261 e. The first kappa shape index (κ1) is 23.0. The number of carbonyl (C=O) groups excluding carboxylic acids is 3. The Hall–Kier alpha value is -3.22. The number of hydrogen-bond donors (Lipinski definition) is 1. The molecule has 0 unspecified atom stereocenters. The van der Waals surface area contributed by atoms with Crippen LogP contribution < -0.4 is 5.56 Å². The fourth-order valence-electron chi connectivity index (χ4n) is 4.76. The van der Waals surface area contributed by atoms with E-state index in [1.165, 1.54) is 11.6 Å². The molecule has 0 spiro atoms. The normalized spacial score (nSPS) is 17.6. The summed E-state index contributed by atoms with van der Waals surface area (Å²) < 4.78 is 0. The van der Waals surface area contributed by atoms with Crippen LogP contribution in [0.5, 0.6) is 0 Å². The summed E-state index contributed by atoms with van der Waals surface area (Å²) in [5.41, 5.74) is 1.63. The highest BCUT2D eigenvalue weighted by atomic mass is 16.2. The summed E-state index contributed by atoms with van der Waals surface area (Å²) in [6, 6.07) is 11.6. The highest BCUT2D eigenvalue weighted by Crippen LogP contribution is 2.33. The van der Waals surface area contributed by atoms with Gasteiger partial charge >= 0.3 is 0 Å². The van der Waals surface area contributed by atoms with Crippen LogP contribution in [0, 0.1) is 5.41 Å². The lowest BCUT2D eigenvalue weighted by atomic mass is 9.75. The molecule has 2 amide bonds.